The first-order valence-corrected chi connectivity index (χ1v) is 10.5. The molecule has 0 saturated carbocycles. The smallest absolute Gasteiger partial charge is 0.282 e. The van der Waals surface area contributed by atoms with Gasteiger partial charge in [0.2, 0.25) is 0 Å². The van der Waals surface area contributed by atoms with E-state index in [-0.39, 0.29) is 11.8 Å². The number of ether oxygens (including phenoxy) is 1. The molecule has 4 rings (SSSR count). The van der Waals surface area contributed by atoms with Crippen LogP contribution in [0.15, 0.2) is 48.2 Å². The van der Waals surface area contributed by atoms with Gasteiger partial charge in [-0.2, -0.15) is 0 Å². The number of piperidine rings is 1. The van der Waals surface area contributed by atoms with Crippen LogP contribution in [0.3, 0.4) is 0 Å². The molecular weight excluding hydrogens is 376 g/mol. The summed E-state index contributed by atoms with van der Waals surface area (Å²) in [5.41, 5.74) is 4.62. The first kappa shape index (κ1) is 20.2. The lowest BCUT2D eigenvalue weighted by atomic mass is 9.96. The molecule has 5 nitrogen and oxygen atoms in total. The molecule has 2 heterocycles. The van der Waals surface area contributed by atoms with Crippen molar-refractivity contribution >= 4 is 23.1 Å². The molecule has 5 heteroatoms. The fourth-order valence-electron chi connectivity index (χ4n) is 4.35. The molecule has 1 atom stereocenters. The van der Waals surface area contributed by atoms with Crippen LogP contribution in [0.25, 0.3) is 5.57 Å². The number of rotatable bonds is 4. The highest BCUT2D eigenvalue weighted by atomic mass is 16.5. The van der Waals surface area contributed by atoms with E-state index in [9.17, 15) is 9.59 Å². The van der Waals surface area contributed by atoms with E-state index >= 15 is 0 Å². The van der Waals surface area contributed by atoms with Crippen LogP contribution >= 0.6 is 0 Å². The molecule has 30 heavy (non-hydrogen) atoms. The fourth-order valence-corrected chi connectivity index (χ4v) is 4.35. The Hall–Kier alpha value is -3.08. The summed E-state index contributed by atoms with van der Waals surface area (Å²) in [5.74, 6) is 0.571. The number of aryl methyl sites for hydroxylation is 2. The summed E-state index contributed by atoms with van der Waals surface area (Å²) >= 11 is 0. The first-order valence-electron chi connectivity index (χ1n) is 10.5. The standard InChI is InChI=1S/C25H28N2O3/c1-16-7-6-12-26(15-16)23-22(19-11-10-17(2)18(3)13-19)24(28)27(25(23)29)20-8-5-9-21(14-20)30-4/h5,8-11,13-14,16H,6-7,12,15H2,1-4H3. The molecule has 0 spiro atoms. The van der Waals surface area contributed by atoms with Crippen molar-refractivity contribution in [1.29, 1.82) is 0 Å². The highest BCUT2D eigenvalue weighted by Crippen LogP contribution is 2.37. The maximum Gasteiger partial charge on any atom is 0.282 e. The third kappa shape index (κ3) is 3.49. The number of hydrogen-bond donors (Lipinski definition) is 0. The average Bonchev–Trinajstić information content (AvgIpc) is 3.00. The highest BCUT2D eigenvalue weighted by molar-refractivity contribution is 6.45. The minimum Gasteiger partial charge on any atom is -0.497 e. The molecule has 0 N–H and O–H groups in total. The molecule has 1 saturated heterocycles. The Kier molecular flexibility index (Phi) is 5.37. The normalized spacial score (nSPS) is 19.7. The zero-order chi connectivity index (χ0) is 21.4. The average molecular weight is 405 g/mol. The number of methoxy groups -OCH3 is 1. The Balaban J connectivity index is 1.84. The molecule has 2 amide bonds. The Morgan fingerprint density at radius 3 is 2.50 bits per heavy atom. The van der Waals surface area contributed by atoms with Crippen molar-refractivity contribution in [2.75, 3.05) is 25.1 Å². The van der Waals surface area contributed by atoms with Crippen molar-refractivity contribution in [3.63, 3.8) is 0 Å². The number of imide groups is 1. The molecule has 0 radical (unpaired) electrons. The third-order valence-corrected chi connectivity index (χ3v) is 6.14. The van der Waals surface area contributed by atoms with Gasteiger partial charge in [0.25, 0.3) is 11.8 Å². The van der Waals surface area contributed by atoms with Crippen molar-refractivity contribution in [3.05, 3.63) is 64.9 Å². The summed E-state index contributed by atoms with van der Waals surface area (Å²) in [6.45, 7) is 7.85. The van der Waals surface area contributed by atoms with Crippen molar-refractivity contribution in [2.45, 2.75) is 33.6 Å². The predicted molar refractivity (Wildman–Crippen MR) is 118 cm³/mol. The first-order chi connectivity index (χ1) is 14.4. The fraction of sp³-hybridized carbons (Fsp3) is 0.360. The monoisotopic (exact) mass is 404 g/mol. The lowest BCUT2D eigenvalue weighted by Crippen LogP contribution is -2.39. The van der Waals surface area contributed by atoms with Crippen molar-refractivity contribution in [1.82, 2.24) is 4.90 Å². The van der Waals surface area contributed by atoms with Gasteiger partial charge < -0.3 is 9.64 Å². The van der Waals surface area contributed by atoms with Crippen LogP contribution in [0.4, 0.5) is 5.69 Å². The number of benzene rings is 2. The van der Waals surface area contributed by atoms with Gasteiger partial charge in [-0.25, -0.2) is 4.90 Å². The summed E-state index contributed by atoms with van der Waals surface area (Å²) < 4.78 is 5.31. The number of carbonyl (C=O) groups is 2. The number of likely N-dealkylation sites (tertiary alicyclic amines) is 1. The Bertz CT molecular complexity index is 1040. The summed E-state index contributed by atoms with van der Waals surface area (Å²) in [6.07, 6.45) is 2.16. The SMILES string of the molecule is COc1cccc(N2C(=O)C(c3ccc(C)c(C)c3)=C(N3CCCC(C)C3)C2=O)c1. The zero-order valence-corrected chi connectivity index (χ0v) is 18.1. The van der Waals surface area contributed by atoms with Gasteiger partial charge >= 0.3 is 0 Å². The van der Waals surface area contributed by atoms with Crippen molar-refractivity contribution < 1.29 is 14.3 Å². The van der Waals surface area contributed by atoms with Gasteiger partial charge in [-0.05, 0) is 61.4 Å². The van der Waals surface area contributed by atoms with E-state index in [2.05, 4.69) is 11.8 Å². The van der Waals surface area contributed by atoms with Crippen LogP contribution in [-0.2, 0) is 9.59 Å². The molecule has 1 unspecified atom stereocenters. The van der Waals surface area contributed by atoms with E-state index in [0.717, 1.165) is 42.6 Å². The second-order valence-electron chi connectivity index (χ2n) is 8.36. The lowest BCUT2D eigenvalue weighted by Gasteiger charge is -2.33. The molecule has 2 aliphatic heterocycles. The minimum atomic E-state index is -0.273. The molecule has 0 aromatic heterocycles. The van der Waals surface area contributed by atoms with Gasteiger partial charge in [-0.3, -0.25) is 9.59 Å². The van der Waals surface area contributed by atoms with Crippen LogP contribution in [0.2, 0.25) is 0 Å². The van der Waals surface area contributed by atoms with E-state index in [0.29, 0.717) is 28.6 Å². The highest BCUT2D eigenvalue weighted by Gasteiger charge is 2.43. The number of hydrogen-bond acceptors (Lipinski definition) is 4. The van der Waals surface area contributed by atoms with E-state index < -0.39 is 0 Å². The van der Waals surface area contributed by atoms with Crippen LogP contribution in [-0.4, -0.2) is 36.9 Å². The molecule has 2 aromatic carbocycles. The Morgan fingerprint density at radius 2 is 1.80 bits per heavy atom. The van der Waals surface area contributed by atoms with E-state index in [1.54, 1.807) is 31.4 Å². The van der Waals surface area contributed by atoms with Crippen molar-refractivity contribution in [3.8, 4) is 5.75 Å². The summed E-state index contributed by atoms with van der Waals surface area (Å²) in [7, 11) is 1.58. The van der Waals surface area contributed by atoms with Gasteiger partial charge in [-0.15, -0.1) is 0 Å². The van der Waals surface area contributed by atoms with Crippen LogP contribution in [0, 0.1) is 19.8 Å². The molecule has 0 bridgehead atoms. The second-order valence-corrected chi connectivity index (χ2v) is 8.36. The number of amides is 2. The quantitative estimate of drug-likeness (QED) is 0.712. The van der Waals surface area contributed by atoms with Gasteiger partial charge in [0.15, 0.2) is 0 Å². The molecular formula is C25H28N2O3. The van der Waals surface area contributed by atoms with Crippen LogP contribution in [0.5, 0.6) is 5.75 Å². The van der Waals surface area contributed by atoms with Crippen LogP contribution < -0.4 is 9.64 Å². The van der Waals surface area contributed by atoms with Gasteiger partial charge in [0.05, 0.1) is 18.4 Å². The Morgan fingerprint density at radius 1 is 1.00 bits per heavy atom. The Labute approximate surface area is 177 Å². The summed E-state index contributed by atoms with van der Waals surface area (Å²) in [4.78, 5) is 30.7. The lowest BCUT2D eigenvalue weighted by molar-refractivity contribution is -0.120. The van der Waals surface area contributed by atoms with Crippen LogP contribution in [0.1, 0.15) is 36.5 Å². The molecule has 0 aliphatic carbocycles. The number of nitrogens with zero attached hydrogens (tertiary/aromatic N) is 2. The topological polar surface area (TPSA) is 49.9 Å². The maximum absolute atomic E-state index is 13.6. The largest absolute Gasteiger partial charge is 0.497 e. The molecule has 2 aliphatic rings. The number of carbonyl (C=O) groups excluding carboxylic acids is 2. The summed E-state index contributed by atoms with van der Waals surface area (Å²) in [6, 6.07) is 13.1. The van der Waals surface area contributed by atoms with E-state index in [1.807, 2.05) is 32.0 Å². The summed E-state index contributed by atoms with van der Waals surface area (Å²) in [5, 5.41) is 0. The second kappa shape index (κ2) is 7.98. The molecule has 2 aromatic rings. The zero-order valence-electron chi connectivity index (χ0n) is 18.1. The van der Waals surface area contributed by atoms with E-state index in [1.165, 1.54) is 4.90 Å². The van der Waals surface area contributed by atoms with Gasteiger partial charge in [0, 0.05) is 19.2 Å². The maximum atomic E-state index is 13.6. The van der Waals surface area contributed by atoms with Crippen molar-refractivity contribution in [2.24, 2.45) is 5.92 Å². The molecule has 156 valence electrons. The minimum absolute atomic E-state index is 0.254. The van der Waals surface area contributed by atoms with Gasteiger partial charge in [-0.1, -0.05) is 31.2 Å². The van der Waals surface area contributed by atoms with E-state index in [4.69, 9.17) is 4.74 Å². The molecule has 1 fully saturated rings. The predicted octanol–water partition coefficient (Wildman–Crippen LogP) is 4.33. The van der Waals surface area contributed by atoms with Gasteiger partial charge in [0.1, 0.15) is 11.4 Å². The third-order valence-electron chi connectivity index (χ3n) is 6.14. The number of anilines is 1.